The second kappa shape index (κ2) is 5.75. The summed E-state index contributed by atoms with van der Waals surface area (Å²) in [6, 6.07) is 6.08. The normalized spacial score (nSPS) is 10.8. The number of aryl methyl sites for hydroxylation is 1. The zero-order chi connectivity index (χ0) is 14.0. The zero-order valence-electron chi connectivity index (χ0n) is 11.4. The largest absolute Gasteiger partial charge is 0.496 e. The standard InChI is InChI=1S/C14H18BrN3O/c1-9-4-5-11(19-3)10(8-9)13-14(15)18(2)12(17-13)6-7-16/h4-5,8H,6-7,16H2,1-3H3. The van der Waals surface area contributed by atoms with Crippen LogP contribution < -0.4 is 10.5 Å². The Morgan fingerprint density at radius 3 is 2.79 bits per heavy atom. The van der Waals surface area contributed by atoms with Gasteiger partial charge in [-0.2, -0.15) is 0 Å². The first-order valence-corrected chi connectivity index (χ1v) is 6.94. The summed E-state index contributed by atoms with van der Waals surface area (Å²) in [6.45, 7) is 2.64. The Bertz CT molecular complexity index is 593. The summed E-state index contributed by atoms with van der Waals surface area (Å²) in [5, 5.41) is 0. The van der Waals surface area contributed by atoms with Crippen molar-refractivity contribution in [2.45, 2.75) is 13.3 Å². The van der Waals surface area contributed by atoms with Crippen LogP contribution in [0.15, 0.2) is 22.8 Å². The summed E-state index contributed by atoms with van der Waals surface area (Å²) in [4.78, 5) is 4.68. The molecule has 1 heterocycles. The fourth-order valence-electron chi connectivity index (χ4n) is 2.05. The third-order valence-corrected chi connectivity index (χ3v) is 4.00. The van der Waals surface area contributed by atoms with Gasteiger partial charge in [0, 0.05) is 19.0 Å². The fraction of sp³-hybridized carbons (Fsp3) is 0.357. The number of benzene rings is 1. The summed E-state index contributed by atoms with van der Waals surface area (Å²) >= 11 is 3.60. The maximum absolute atomic E-state index is 5.61. The van der Waals surface area contributed by atoms with E-state index in [1.807, 2.05) is 23.7 Å². The Balaban J connectivity index is 2.58. The topological polar surface area (TPSA) is 53.1 Å². The number of imidazole rings is 1. The highest BCUT2D eigenvalue weighted by Gasteiger charge is 2.17. The van der Waals surface area contributed by atoms with E-state index in [0.717, 1.165) is 33.9 Å². The monoisotopic (exact) mass is 323 g/mol. The summed E-state index contributed by atoms with van der Waals surface area (Å²) in [5.41, 5.74) is 8.68. The quantitative estimate of drug-likeness (QED) is 0.941. The van der Waals surface area contributed by atoms with Gasteiger partial charge in [0.05, 0.1) is 7.11 Å². The highest BCUT2D eigenvalue weighted by molar-refractivity contribution is 9.10. The lowest BCUT2D eigenvalue weighted by Gasteiger charge is -2.08. The Labute approximate surface area is 121 Å². The maximum atomic E-state index is 5.61. The zero-order valence-corrected chi connectivity index (χ0v) is 13.0. The third kappa shape index (κ3) is 2.67. The van der Waals surface area contributed by atoms with Crippen LogP contribution in [-0.4, -0.2) is 23.2 Å². The van der Waals surface area contributed by atoms with E-state index < -0.39 is 0 Å². The fourth-order valence-corrected chi connectivity index (χ4v) is 2.56. The van der Waals surface area contributed by atoms with Crippen LogP contribution >= 0.6 is 15.9 Å². The van der Waals surface area contributed by atoms with Crippen molar-refractivity contribution in [1.29, 1.82) is 0 Å². The molecule has 0 amide bonds. The number of nitrogens with two attached hydrogens (primary N) is 1. The molecule has 0 fully saturated rings. The second-order valence-electron chi connectivity index (χ2n) is 4.47. The average molecular weight is 324 g/mol. The van der Waals surface area contributed by atoms with Crippen LogP contribution in [0.2, 0.25) is 0 Å². The second-order valence-corrected chi connectivity index (χ2v) is 5.22. The lowest BCUT2D eigenvalue weighted by atomic mass is 10.1. The molecule has 4 nitrogen and oxygen atoms in total. The highest BCUT2D eigenvalue weighted by atomic mass is 79.9. The van der Waals surface area contributed by atoms with E-state index in [9.17, 15) is 0 Å². The van der Waals surface area contributed by atoms with Crippen LogP contribution in [0.5, 0.6) is 5.75 Å². The molecule has 1 aromatic heterocycles. The third-order valence-electron chi connectivity index (χ3n) is 3.10. The molecule has 0 unspecified atom stereocenters. The first kappa shape index (κ1) is 14.1. The van der Waals surface area contributed by atoms with Gasteiger partial charge in [-0.15, -0.1) is 0 Å². The first-order valence-electron chi connectivity index (χ1n) is 6.14. The van der Waals surface area contributed by atoms with Gasteiger partial charge in [0.15, 0.2) is 0 Å². The summed E-state index contributed by atoms with van der Waals surface area (Å²) in [6.07, 6.45) is 0.753. The van der Waals surface area contributed by atoms with Crippen molar-refractivity contribution in [3.05, 3.63) is 34.2 Å². The van der Waals surface area contributed by atoms with Crippen molar-refractivity contribution < 1.29 is 4.74 Å². The van der Waals surface area contributed by atoms with Gasteiger partial charge in [0.1, 0.15) is 21.9 Å². The summed E-state index contributed by atoms with van der Waals surface area (Å²) in [5.74, 6) is 1.79. The maximum Gasteiger partial charge on any atom is 0.128 e. The van der Waals surface area contributed by atoms with Crippen molar-refractivity contribution in [3.8, 4) is 17.0 Å². The van der Waals surface area contributed by atoms with E-state index >= 15 is 0 Å². The van der Waals surface area contributed by atoms with Gasteiger partial charge in [0.25, 0.3) is 0 Å². The molecule has 0 spiro atoms. The van der Waals surface area contributed by atoms with Crippen molar-refractivity contribution in [2.75, 3.05) is 13.7 Å². The number of hydrogen-bond acceptors (Lipinski definition) is 3. The van der Waals surface area contributed by atoms with Crippen LogP contribution in [0.3, 0.4) is 0 Å². The molecular formula is C14H18BrN3O. The average Bonchev–Trinajstić information content (AvgIpc) is 2.67. The molecule has 5 heteroatoms. The number of aromatic nitrogens is 2. The molecule has 2 rings (SSSR count). The molecule has 0 bridgehead atoms. The molecule has 0 saturated heterocycles. The minimum atomic E-state index is 0.585. The van der Waals surface area contributed by atoms with Gasteiger partial charge in [-0.25, -0.2) is 4.98 Å². The molecule has 0 aliphatic rings. The molecule has 102 valence electrons. The van der Waals surface area contributed by atoms with Crippen molar-refractivity contribution >= 4 is 15.9 Å². The molecular weight excluding hydrogens is 306 g/mol. The van der Waals surface area contributed by atoms with E-state index in [4.69, 9.17) is 10.5 Å². The minimum Gasteiger partial charge on any atom is -0.496 e. The number of nitrogens with zero attached hydrogens (tertiary/aromatic N) is 2. The van der Waals surface area contributed by atoms with E-state index in [2.05, 4.69) is 33.9 Å². The van der Waals surface area contributed by atoms with Crippen molar-refractivity contribution in [3.63, 3.8) is 0 Å². The van der Waals surface area contributed by atoms with Gasteiger partial charge >= 0.3 is 0 Å². The number of rotatable bonds is 4. The Kier molecular flexibility index (Phi) is 4.27. The van der Waals surface area contributed by atoms with Crippen LogP contribution in [0, 0.1) is 6.92 Å². The van der Waals surface area contributed by atoms with Gasteiger partial charge in [-0.05, 0) is 41.5 Å². The molecule has 2 aromatic rings. The molecule has 0 atom stereocenters. The number of hydrogen-bond donors (Lipinski definition) is 1. The first-order chi connectivity index (χ1) is 9.08. The Morgan fingerprint density at radius 2 is 2.16 bits per heavy atom. The Hall–Kier alpha value is -1.33. The molecule has 2 N–H and O–H groups in total. The van der Waals surface area contributed by atoms with E-state index in [1.165, 1.54) is 5.56 Å². The molecule has 0 saturated carbocycles. The molecule has 0 radical (unpaired) electrons. The molecule has 19 heavy (non-hydrogen) atoms. The van der Waals surface area contributed by atoms with Gasteiger partial charge in [-0.3, -0.25) is 0 Å². The summed E-state index contributed by atoms with van der Waals surface area (Å²) < 4.78 is 8.39. The molecule has 1 aromatic carbocycles. The Morgan fingerprint density at radius 1 is 1.42 bits per heavy atom. The lowest BCUT2D eigenvalue weighted by molar-refractivity contribution is 0.416. The van der Waals surface area contributed by atoms with Crippen LogP contribution in [0.25, 0.3) is 11.3 Å². The van der Waals surface area contributed by atoms with E-state index in [1.54, 1.807) is 7.11 Å². The predicted octanol–water partition coefficient (Wildman–Crippen LogP) is 2.67. The van der Waals surface area contributed by atoms with Crippen LogP contribution in [-0.2, 0) is 13.5 Å². The smallest absolute Gasteiger partial charge is 0.128 e. The molecule has 0 aliphatic carbocycles. The summed E-state index contributed by atoms with van der Waals surface area (Å²) in [7, 11) is 3.65. The number of methoxy groups -OCH3 is 1. The minimum absolute atomic E-state index is 0.585. The van der Waals surface area contributed by atoms with Crippen LogP contribution in [0.4, 0.5) is 0 Å². The van der Waals surface area contributed by atoms with Gasteiger partial charge in [0.2, 0.25) is 0 Å². The van der Waals surface area contributed by atoms with Crippen molar-refractivity contribution in [2.24, 2.45) is 12.8 Å². The van der Waals surface area contributed by atoms with Crippen LogP contribution in [0.1, 0.15) is 11.4 Å². The van der Waals surface area contributed by atoms with E-state index in [-0.39, 0.29) is 0 Å². The van der Waals surface area contributed by atoms with Gasteiger partial charge < -0.3 is 15.0 Å². The molecule has 0 aliphatic heterocycles. The number of ether oxygens (including phenoxy) is 1. The SMILES string of the molecule is COc1ccc(C)cc1-c1nc(CCN)n(C)c1Br. The lowest BCUT2D eigenvalue weighted by Crippen LogP contribution is -2.07. The van der Waals surface area contributed by atoms with Crippen molar-refractivity contribution in [1.82, 2.24) is 9.55 Å². The van der Waals surface area contributed by atoms with E-state index in [0.29, 0.717) is 6.54 Å². The predicted molar refractivity (Wildman–Crippen MR) is 80.4 cm³/mol. The number of halogens is 1. The van der Waals surface area contributed by atoms with Gasteiger partial charge in [-0.1, -0.05) is 11.6 Å². The highest BCUT2D eigenvalue weighted by Crippen LogP contribution is 2.35.